The van der Waals surface area contributed by atoms with Crippen LogP contribution in [0.5, 0.6) is 0 Å². The molecule has 0 N–H and O–H groups in total. The number of amides is 1. The van der Waals surface area contributed by atoms with Crippen molar-refractivity contribution in [3.63, 3.8) is 0 Å². The van der Waals surface area contributed by atoms with E-state index in [0.29, 0.717) is 13.2 Å². The zero-order chi connectivity index (χ0) is 18.3. The predicted octanol–water partition coefficient (Wildman–Crippen LogP) is 4.03. The van der Waals surface area contributed by atoms with E-state index in [0.717, 1.165) is 23.0 Å². The summed E-state index contributed by atoms with van der Waals surface area (Å²) in [4.78, 5) is 19.3. The summed E-state index contributed by atoms with van der Waals surface area (Å²) >= 11 is 0. The number of benzene rings is 1. The minimum Gasteiger partial charge on any atom is -0.444 e. The van der Waals surface area contributed by atoms with E-state index in [2.05, 4.69) is 24.3 Å². The molecule has 1 aromatic carbocycles. The first-order valence-electron chi connectivity index (χ1n) is 9.07. The maximum absolute atomic E-state index is 12.6. The summed E-state index contributed by atoms with van der Waals surface area (Å²) in [6, 6.07) is 12.1. The van der Waals surface area contributed by atoms with Crippen molar-refractivity contribution in [1.82, 2.24) is 9.88 Å². The summed E-state index contributed by atoms with van der Waals surface area (Å²) in [5, 5.41) is 1.13. The Kier molecular flexibility index (Phi) is 4.19. The fourth-order valence-electron chi connectivity index (χ4n) is 3.63. The minimum atomic E-state index is -0.504. The van der Waals surface area contributed by atoms with E-state index in [1.54, 1.807) is 0 Å². The summed E-state index contributed by atoms with van der Waals surface area (Å²) in [5.41, 5.74) is 2.64. The highest BCUT2D eigenvalue weighted by molar-refractivity contribution is 5.81. The van der Waals surface area contributed by atoms with Crippen LogP contribution in [0.3, 0.4) is 0 Å². The first kappa shape index (κ1) is 17.0. The average molecular weight is 352 g/mol. The molecule has 1 fully saturated rings. The molecule has 0 aliphatic carbocycles. The van der Waals surface area contributed by atoms with E-state index in [4.69, 9.17) is 14.5 Å². The molecule has 0 saturated carbocycles. The molecule has 2 aromatic rings. The summed E-state index contributed by atoms with van der Waals surface area (Å²) in [6.07, 6.45) is 2.56. The molecule has 1 saturated heterocycles. The van der Waals surface area contributed by atoms with Crippen molar-refractivity contribution in [3.8, 4) is 0 Å². The highest BCUT2D eigenvalue weighted by Crippen LogP contribution is 2.33. The third-order valence-corrected chi connectivity index (χ3v) is 4.73. The Hall–Kier alpha value is -2.40. The first-order valence-corrected chi connectivity index (χ1v) is 9.07. The van der Waals surface area contributed by atoms with E-state index >= 15 is 0 Å². The van der Waals surface area contributed by atoms with Crippen molar-refractivity contribution >= 4 is 22.6 Å². The Morgan fingerprint density at radius 2 is 2.00 bits per heavy atom. The number of hydrogen-bond acceptors (Lipinski definition) is 4. The molecule has 3 heterocycles. The number of nitrogens with zero attached hydrogens (tertiary/aromatic N) is 2. The number of hydrogen-bond donors (Lipinski definition) is 0. The highest BCUT2D eigenvalue weighted by atomic mass is 16.6. The highest BCUT2D eigenvalue weighted by Gasteiger charge is 2.40. The van der Waals surface area contributed by atoms with Gasteiger partial charge in [0.15, 0.2) is 0 Å². The summed E-state index contributed by atoms with van der Waals surface area (Å²) < 4.78 is 11.3. The van der Waals surface area contributed by atoms with Crippen molar-refractivity contribution in [2.45, 2.75) is 44.9 Å². The molecule has 2 unspecified atom stereocenters. The number of para-hydroxylation sites is 1. The van der Waals surface area contributed by atoms with Gasteiger partial charge < -0.3 is 9.47 Å². The Balaban J connectivity index is 1.64. The van der Waals surface area contributed by atoms with Crippen LogP contribution < -0.4 is 0 Å². The van der Waals surface area contributed by atoms with Crippen molar-refractivity contribution in [2.24, 2.45) is 0 Å². The van der Waals surface area contributed by atoms with Gasteiger partial charge >= 0.3 is 6.09 Å². The molecule has 5 heteroatoms. The van der Waals surface area contributed by atoms with Gasteiger partial charge in [-0.05, 0) is 44.9 Å². The zero-order valence-electron chi connectivity index (χ0n) is 15.4. The second-order valence-corrected chi connectivity index (χ2v) is 7.93. The standard InChI is InChI=1S/C21H24N2O3/c1-21(2,3)26-20(24)23-16-10-15(11-17(23)13-25-12-16)19-9-8-14-6-4-5-7-18(14)22-19/h4-10,16-17H,11-13H2,1-3H3. The molecular weight excluding hydrogens is 328 g/mol. The molecular formula is C21H24N2O3. The second kappa shape index (κ2) is 6.40. The van der Waals surface area contributed by atoms with Crippen LogP contribution >= 0.6 is 0 Å². The van der Waals surface area contributed by atoms with Gasteiger partial charge in [0.05, 0.1) is 36.5 Å². The van der Waals surface area contributed by atoms with Crippen molar-refractivity contribution in [3.05, 3.63) is 48.2 Å². The van der Waals surface area contributed by atoms with Gasteiger partial charge in [-0.2, -0.15) is 0 Å². The molecule has 136 valence electrons. The number of morpholine rings is 1. The lowest BCUT2D eigenvalue weighted by Crippen LogP contribution is -2.57. The maximum Gasteiger partial charge on any atom is 0.411 e. The number of fused-ring (bicyclic) bond motifs is 3. The van der Waals surface area contributed by atoms with Crippen molar-refractivity contribution < 1.29 is 14.3 Å². The van der Waals surface area contributed by atoms with Crippen LogP contribution in [0.4, 0.5) is 4.79 Å². The number of carbonyl (C=O) groups excluding carboxylic acids is 1. The van der Waals surface area contributed by atoms with Gasteiger partial charge in [0.25, 0.3) is 0 Å². The Morgan fingerprint density at radius 1 is 1.19 bits per heavy atom. The van der Waals surface area contributed by atoms with Crippen molar-refractivity contribution in [1.29, 1.82) is 0 Å². The summed E-state index contributed by atoms with van der Waals surface area (Å²) in [7, 11) is 0. The second-order valence-electron chi connectivity index (χ2n) is 7.93. The van der Waals surface area contributed by atoms with Gasteiger partial charge in [-0.25, -0.2) is 9.78 Å². The average Bonchev–Trinajstić information content (AvgIpc) is 2.58. The number of carbonyl (C=O) groups is 1. The molecule has 1 aromatic heterocycles. The Bertz CT molecular complexity index is 869. The van der Waals surface area contributed by atoms with Crippen LogP contribution in [0.15, 0.2) is 42.5 Å². The van der Waals surface area contributed by atoms with Crippen molar-refractivity contribution in [2.75, 3.05) is 13.2 Å². The van der Waals surface area contributed by atoms with Crippen LogP contribution in [0, 0.1) is 0 Å². The first-order chi connectivity index (χ1) is 12.4. The molecule has 4 rings (SSSR count). The smallest absolute Gasteiger partial charge is 0.411 e. The van der Waals surface area contributed by atoms with Gasteiger partial charge in [0, 0.05) is 5.39 Å². The quantitative estimate of drug-likeness (QED) is 0.778. The molecule has 1 amide bonds. The molecule has 2 aliphatic rings. The number of rotatable bonds is 1. The van der Waals surface area contributed by atoms with Gasteiger partial charge in [-0.1, -0.05) is 30.3 Å². The lowest BCUT2D eigenvalue weighted by Gasteiger charge is -2.44. The number of pyridine rings is 1. The molecule has 0 radical (unpaired) electrons. The monoisotopic (exact) mass is 352 g/mol. The maximum atomic E-state index is 12.6. The van der Waals surface area contributed by atoms with Crippen LogP contribution in [0.1, 0.15) is 32.9 Å². The van der Waals surface area contributed by atoms with Crippen LogP contribution in [-0.2, 0) is 9.47 Å². The lowest BCUT2D eigenvalue weighted by molar-refractivity contribution is -0.0511. The number of aromatic nitrogens is 1. The number of ether oxygens (including phenoxy) is 2. The van der Waals surface area contributed by atoms with Gasteiger partial charge in [0.2, 0.25) is 0 Å². The Morgan fingerprint density at radius 3 is 2.77 bits per heavy atom. The normalized spacial score (nSPS) is 22.9. The summed E-state index contributed by atoms with van der Waals surface area (Å²) in [5.74, 6) is 0. The van der Waals surface area contributed by atoms with Gasteiger partial charge in [0.1, 0.15) is 5.60 Å². The van der Waals surface area contributed by atoms with E-state index in [9.17, 15) is 4.79 Å². The summed E-state index contributed by atoms with van der Waals surface area (Å²) in [6.45, 7) is 6.69. The molecule has 5 nitrogen and oxygen atoms in total. The predicted molar refractivity (Wildman–Crippen MR) is 101 cm³/mol. The van der Waals surface area contributed by atoms with Crippen LogP contribution in [-0.4, -0.2) is 46.9 Å². The van der Waals surface area contributed by atoms with Gasteiger partial charge in [-0.3, -0.25) is 4.90 Å². The minimum absolute atomic E-state index is 0.0168. The molecule has 2 bridgehead atoms. The molecule has 2 atom stereocenters. The fraction of sp³-hybridized carbons (Fsp3) is 0.429. The van der Waals surface area contributed by atoms with Gasteiger partial charge in [-0.15, -0.1) is 0 Å². The fourth-order valence-corrected chi connectivity index (χ4v) is 3.63. The van der Waals surface area contributed by atoms with Crippen LogP contribution in [0.2, 0.25) is 0 Å². The third-order valence-electron chi connectivity index (χ3n) is 4.73. The van der Waals surface area contributed by atoms with E-state index < -0.39 is 5.60 Å². The van der Waals surface area contributed by atoms with E-state index in [-0.39, 0.29) is 18.2 Å². The molecule has 2 aliphatic heterocycles. The third kappa shape index (κ3) is 3.31. The lowest BCUT2D eigenvalue weighted by atomic mass is 9.92. The topological polar surface area (TPSA) is 51.7 Å². The Labute approximate surface area is 153 Å². The SMILES string of the molecule is CC(C)(C)OC(=O)N1C2C=C(c3ccc4ccccc4n3)CC1COC2. The zero-order valence-corrected chi connectivity index (χ0v) is 15.4. The van der Waals surface area contributed by atoms with E-state index in [1.807, 2.05) is 43.9 Å². The van der Waals surface area contributed by atoms with Crippen LogP contribution in [0.25, 0.3) is 16.5 Å². The van der Waals surface area contributed by atoms with E-state index in [1.165, 1.54) is 5.57 Å². The molecule has 0 spiro atoms. The largest absolute Gasteiger partial charge is 0.444 e. The molecule has 26 heavy (non-hydrogen) atoms.